The van der Waals surface area contributed by atoms with E-state index in [2.05, 4.69) is 24.8 Å². The molecule has 0 heterocycles. The fraction of sp³-hybridized carbons (Fsp3) is 0.211. The van der Waals surface area contributed by atoms with E-state index in [0.29, 0.717) is 0 Å². The third-order valence-corrected chi connectivity index (χ3v) is 5.34. The van der Waals surface area contributed by atoms with Crippen molar-refractivity contribution in [1.29, 1.82) is 0 Å². The highest BCUT2D eigenvalue weighted by Gasteiger charge is 2.20. The number of benzene rings is 2. The van der Waals surface area contributed by atoms with Crippen LogP contribution in [0.5, 0.6) is 0 Å². The highest BCUT2D eigenvalue weighted by atomic mass is 28.4. The summed E-state index contributed by atoms with van der Waals surface area (Å²) in [6.45, 7) is 10.1. The molecule has 0 aromatic heterocycles. The molecule has 3 nitrogen and oxygen atoms in total. The molecule has 1 atom stereocenters. The average molecular weight is 325 g/mol. The summed E-state index contributed by atoms with van der Waals surface area (Å²) < 4.78 is 6.05. The van der Waals surface area contributed by atoms with Gasteiger partial charge < -0.3 is 4.43 Å². The summed E-state index contributed by atoms with van der Waals surface area (Å²) in [4.78, 5) is 0. The summed E-state index contributed by atoms with van der Waals surface area (Å²) in [6, 6.07) is 20.2. The van der Waals surface area contributed by atoms with Crippen molar-refractivity contribution in [1.82, 2.24) is 0 Å². The maximum absolute atomic E-state index is 6.05. The Hall–Kier alpha value is -2.17. The van der Waals surface area contributed by atoms with E-state index in [4.69, 9.17) is 4.43 Å². The van der Waals surface area contributed by atoms with E-state index < -0.39 is 8.32 Å². The Balaban J connectivity index is 2.22. The van der Waals surface area contributed by atoms with Gasteiger partial charge in [0.2, 0.25) is 8.32 Å². The molecule has 0 radical (unpaired) electrons. The largest absolute Gasteiger partial charge is 0.406 e. The first-order valence-corrected chi connectivity index (χ1v) is 10.8. The van der Waals surface area contributed by atoms with Crippen LogP contribution < -0.4 is 5.01 Å². The van der Waals surface area contributed by atoms with Crippen LogP contribution in [0.25, 0.3) is 0 Å². The van der Waals surface area contributed by atoms with Gasteiger partial charge in [0.1, 0.15) is 0 Å². The van der Waals surface area contributed by atoms with Crippen molar-refractivity contribution in [2.24, 2.45) is 5.10 Å². The van der Waals surface area contributed by atoms with Gasteiger partial charge in [-0.2, -0.15) is 5.10 Å². The van der Waals surface area contributed by atoms with Crippen molar-refractivity contribution in [3.8, 4) is 0 Å². The SMILES string of the molecule is C=C[Si](C)(C)O[C@@H](C)/C=N/N(c1ccccc1)c1ccccc1. The highest BCUT2D eigenvalue weighted by Crippen LogP contribution is 2.25. The van der Waals surface area contributed by atoms with Crippen molar-refractivity contribution in [3.63, 3.8) is 0 Å². The first-order chi connectivity index (χ1) is 11.0. The Morgan fingerprint density at radius 2 is 1.48 bits per heavy atom. The summed E-state index contributed by atoms with van der Waals surface area (Å²) in [6.07, 6.45) is 1.78. The van der Waals surface area contributed by atoms with E-state index in [-0.39, 0.29) is 6.10 Å². The first-order valence-electron chi connectivity index (χ1n) is 7.77. The molecule has 2 aromatic carbocycles. The minimum Gasteiger partial charge on any atom is -0.406 e. The van der Waals surface area contributed by atoms with Gasteiger partial charge in [-0.25, -0.2) is 5.01 Å². The average Bonchev–Trinajstić information content (AvgIpc) is 2.56. The third-order valence-electron chi connectivity index (χ3n) is 3.37. The van der Waals surface area contributed by atoms with Crippen LogP contribution in [0.15, 0.2) is 78.0 Å². The summed E-state index contributed by atoms with van der Waals surface area (Å²) in [5.74, 6) is 0. The van der Waals surface area contributed by atoms with Crippen molar-refractivity contribution < 1.29 is 4.43 Å². The predicted molar refractivity (Wildman–Crippen MR) is 102 cm³/mol. The molecule has 2 rings (SSSR count). The lowest BCUT2D eigenvalue weighted by Crippen LogP contribution is -2.33. The zero-order chi connectivity index (χ0) is 16.7. The zero-order valence-corrected chi connectivity index (χ0v) is 15.0. The van der Waals surface area contributed by atoms with Crippen molar-refractivity contribution >= 4 is 25.9 Å². The molecule has 120 valence electrons. The minimum atomic E-state index is -1.82. The van der Waals surface area contributed by atoms with Crippen LogP contribution in [0.1, 0.15) is 6.92 Å². The van der Waals surface area contributed by atoms with E-state index in [0.717, 1.165) is 11.4 Å². The van der Waals surface area contributed by atoms with Crippen LogP contribution in [-0.2, 0) is 4.43 Å². The molecule has 0 fully saturated rings. The van der Waals surface area contributed by atoms with Crippen molar-refractivity contribution in [2.45, 2.75) is 26.1 Å². The van der Waals surface area contributed by atoms with E-state index in [1.165, 1.54) is 0 Å². The summed E-state index contributed by atoms with van der Waals surface area (Å²) in [5, 5.41) is 6.57. The maximum atomic E-state index is 6.05. The Morgan fingerprint density at radius 3 is 1.91 bits per heavy atom. The number of hydrogen-bond donors (Lipinski definition) is 0. The molecule has 0 amide bonds. The van der Waals surface area contributed by atoms with Crippen LogP contribution >= 0.6 is 0 Å². The van der Waals surface area contributed by atoms with Gasteiger partial charge in [0.25, 0.3) is 0 Å². The van der Waals surface area contributed by atoms with Gasteiger partial charge >= 0.3 is 0 Å². The van der Waals surface area contributed by atoms with E-state index in [1.54, 1.807) is 0 Å². The topological polar surface area (TPSA) is 24.8 Å². The van der Waals surface area contributed by atoms with Gasteiger partial charge in [0.15, 0.2) is 0 Å². The lowest BCUT2D eigenvalue weighted by molar-refractivity contribution is 0.288. The molecule has 0 N–H and O–H groups in total. The standard InChI is InChI=1S/C19H24N2OSi/c1-5-23(3,4)22-17(2)16-20-21(18-12-8-6-9-13-18)19-14-10-7-11-15-19/h5-17H,1H2,2-4H3/b20-16+/t17-/m0/s1. The summed E-state index contributed by atoms with van der Waals surface area (Å²) >= 11 is 0. The third kappa shape index (κ3) is 5.19. The quantitative estimate of drug-likeness (QED) is 0.400. The van der Waals surface area contributed by atoms with Crippen molar-refractivity contribution in [3.05, 3.63) is 72.9 Å². The maximum Gasteiger partial charge on any atom is 0.211 e. The molecular formula is C19H24N2OSi. The molecule has 0 aliphatic heterocycles. The fourth-order valence-electron chi connectivity index (χ4n) is 2.14. The Bertz CT molecular complexity index is 601. The second kappa shape index (κ2) is 7.90. The van der Waals surface area contributed by atoms with Crippen LogP contribution in [0.2, 0.25) is 13.1 Å². The molecule has 0 bridgehead atoms. The molecule has 0 unspecified atom stereocenters. The van der Waals surface area contributed by atoms with Crippen molar-refractivity contribution in [2.75, 3.05) is 5.01 Å². The van der Waals surface area contributed by atoms with Crippen LogP contribution in [0.4, 0.5) is 11.4 Å². The molecule has 0 spiro atoms. The smallest absolute Gasteiger partial charge is 0.211 e. The molecule has 0 saturated heterocycles. The molecule has 0 aliphatic carbocycles. The van der Waals surface area contributed by atoms with E-state index in [9.17, 15) is 0 Å². The van der Waals surface area contributed by atoms with Gasteiger partial charge in [-0.3, -0.25) is 0 Å². The van der Waals surface area contributed by atoms with Crippen LogP contribution in [-0.4, -0.2) is 20.6 Å². The van der Waals surface area contributed by atoms with Gasteiger partial charge in [-0.05, 0) is 44.3 Å². The number of hydrogen-bond acceptors (Lipinski definition) is 3. The van der Waals surface area contributed by atoms with Gasteiger partial charge in [-0.1, -0.05) is 42.1 Å². The van der Waals surface area contributed by atoms with Crippen LogP contribution in [0.3, 0.4) is 0 Å². The normalized spacial score (nSPS) is 13.0. The molecular weight excluding hydrogens is 300 g/mol. The first kappa shape index (κ1) is 17.2. The number of nitrogens with zero attached hydrogens (tertiary/aromatic N) is 2. The summed E-state index contributed by atoms with van der Waals surface area (Å²) in [5.41, 5.74) is 3.97. The number of para-hydroxylation sites is 2. The monoisotopic (exact) mass is 324 g/mol. The van der Waals surface area contributed by atoms with E-state index in [1.807, 2.05) is 84.5 Å². The second-order valence-corrected chi connectivity index (χ2v) is 9.73. The summed E-state index contributed by atoms with van der Waals surface area (Å²) in [7, 11) is -1.82. The second-order valence-electron chi connectivity index (χ2n) is 5.88. The van der Waals surface area contributed by atoms with Gasteiger partial charge in [0, 0.05) is 0 Å². The van der Waals surface area contributed by atoms with Gasteiger partial charge in [0.05, 0.1) is 23.7 Å². The molecule has 2 aromatic rings. The Morgan fingerprint density at radius 1 is 1.00 bits per heavy atom. The Kier molecular flexibility index (Phi) is 5.90. The predicted octanol–water partition coefficient (Wildman–Crippen LogP) is 5.15. The lowest BCUT2D eigenvalue weighted by atomic mass is 10.2. The van der Waals surface area contributed by atoms with E-state index >= 15 is 0 Å². The van der Waals surface area contributed by atoms with Gasteiger partial charge in [-0.15, -0.1) is 6.58 Å². The number of rotatable bonds is 7. The molecule has 4 heteroatoms. The molecule has 23 heavy (non-hydrogen) atoms. The molecule has 0 aliphatic rings. The minimum absolute atomic E-state index is 0.0652. The molecule has 0 saturated carbocycles. The fourth-order valence-corrected chi connectivity index (χ4v) is 3.25. The van der Waals surface area contributed by atoms with Crippen LogP contribution in [0, 0.1) is 0 Å². The highest BCUT2D eigenvalue weighted by molar-refractivity contribution is 6.76. The zero-order valence-electron chi connectivity index (χ0n) is 14.0. The number of anilines is 2. The Labute approximate surface area is 140 Å². The number of hydrazone groups is 1. The lowest BCUT2D eigenvalue weighted by Gasteiger charge is -2.23.